The van der Waals surface area contributed by atoms with Crippen LogP contribution in [0.4, 0.5) is 23.0 Å². The molecule has 0 atom stereocenters. The van der Waals surface area contributed by atoms with Crippen LogP contribution in [0.5, 0.6) is 0 Å². The van der Waals surface area contributed by atoms with Crippen LogP contribution in [0.25, 0.3) is 0 Å². The molecule has 0 saturated heterocycles. The molecular formula is C21H23N5O4S2. The number of hydrogen-bond acceptors (Lipinski definition) is 8. The fraction of sp³-hybridized carbons (Fsp3) is 0.238. The maximum atomic E-state index is 12.2. The van der Waals surface area contributed by atoms with Crippen LogP contribution in [0.3, 0.4) is 0 Å². The molecule has 1 heterocycles. The fourth-order valence-corrected chi connectivity index (χ4v) is 5.23. The number of nitrogens with one attached hydrogen (secondary N) is 3. The number of rotatable bonds is 7. The Labute approximate surface area is 187 Å². The van der Waals surface area contributed by atoms with Crippen molar-refractivity contribution >= 4 is 42.9 Å². The second-order valence-corrected chi connectivity index (χ2v) is 11.4. The van der Waals surface area contributed by atoms with Gasteiger partial charge in [-0.15, -0.1) is 0 Å². The third kappa shape index (κ3) is 4.74. The highest BCUT2D eigenvalue weighted by atomic mass is 32.2. The van der Waals surface area contributed by atoms with E-state index in [0.29, 0.717) is 11.6 Å². The summed E-state index contributed by atoms with van der Waals surface area (Å²) in [7, 11) is -6.10. The summed E-state index contributed by atoms with van der Waals surface area (Å²) in [6.07, 6.45) is 5.71. The average Bonchev–Trinajstić information content (AvgIpc) is 3.21. The molecule has 2 aromatic carbocycles. The normalized spacial score (nSPS) is 13.6. The average molecular weight is 474 g/mol. The molecule has 3 aromatic rings. The summed E-state index contributed by atoms with van der Waals surface area (Å²) in [5.41, 5.74) is 3.69. The monoisotopic (exact) mass is 473 g/mol. The number of fused-ring (bicyclic) bond motifs is 1. The summed E-state index contributed by atoms with van der Waals surface area (Å²) in [5, 5.41) is 6.16. The van der Waals surface area contributed by atoms with Crippen LogP contribution in [-0.4, -0.2) is 40.1 Å². The van der Waals surface area contributed by atoms with Gasteiger partial charge >= 0.3 is 0 Å². The van der Waals surface area contributed by atoms with E-state index in [0.717, 1.165) is 31.2 Å². The largest absolute Gasteiger partial charge is 0.340 e. The van der Waals surface area contributed by atoms with Crippen LogP contribution in [0, 0.1) is 0 Å². The molecule has 9 nitrogen and oxygen atoms in total. The van der Waals surface area contributed by atoms with E-state index in [2.05, 4.69) is 37.5 Å². The quantitative estimate of drug-likeness (QED) is 0.478. The molecule has 0 aliphatic heterocycles. The number of sulfonamides is 1. The number of benzene rings is 2. The second kappa shape index (κ2) is 8.49. The standard InChI is InChI=1S/C21H23N5O4S2/c1-22-32(29,30)17-8-9-19(31(2,27)28)18(11-17)26-21-12-20(23-13-24-21)25-16-7-6-14-4-3-5-15(14)10-16/h6-13,22H,3-5H2,1-2H3,(H2,23,24,25,26). The molecule has 0 radical (unpaired) electrons. The van der Waals surface area contributed by atoms with Crippen molar-refractivity contribution in [1.82, 2.24) is 14.7 Å². The number of nitrogens with zero attached hydrogens (tertiary/aromatic N) is 2. The van der Waals surface area contributed by atoms with Gasteiger partial charge in [0.1, 0.15) is 18.0 Å². The smallest absolute Gasteiger partial charge is 0.240 e. The fourth-order valence-electron chi connectivity index (χ4n) is 3.64. The van der Waals surface area contributed by atoms with Gasteiger partial charge in [-0.25, -0.2) is 31.5 Å². The minimum atomic E-state index is -3.76. The number of sulfone groups is 1. The van der Waals surface area contributed by atoms with Gasteiger partial charge in [-0.3, -0.25) is 0 Å². The number of aryl methyl sites for hydroxylation is 2. The molecule has 4 rings (SSSR count). The lowest BCUT2D eigenvalue weighted by molar-refractivity contribution is 0.587. The highest BCUT2D eigenvalue weighted by molar-refractivity contribution is 7.91. The van der Waals surface area contributed by atoms with E-state index in [1.165, 1.54) is 42.7 Å². The number of anilines is 4. The second-order valence-electron chi connectivity index (χ2n) is 7.51. The Morgan fingerprint density at radius 3 is 2.28 bits per heavy atom. The van der Waals surface area contributed by atoms with Gasteiger partial charge in [0.15, 0.2) is 9.84 Å². The van der Waals surface area contributed by atoms with Crippen molar-refractivity contribution in [2.45, 2.75) is 29.1 Å². The summed E-state index contributed by atoms with van der Waals surface area (Å²) in [5.74, 6) is 0.827. The zero-order valence-corrected chi connectivity index (χ0v) is 19.2. The van der Waals surface area contributed by atoms with Crippen LogP contribution in [0.2, 0.25) is 0 Å². The minimum absolute atomic E-state index is 0.0423. The number of aromatic nitrogens is 2. The predicted molar refractivity (Wildman–Crippen MR) is 123 cm³/mol. The van der Waals surface area contributed by atoms with E-state index in [1.54, 1.807) is 6.07 Å². The third-order valence-corrected chi connectivity index (χ3v) is 7.80. The zero-order chi connectivity index (χ0) is 22.9. The Kier molecular flexibility index (Phi) is 5.89. The molecular weight excluding hydrogens is 450 g/mol. The van der Waals surface area contributed by atoms with E-state index in [4.69, 9.17) is 0 Å². The minimum Gasteiger partial charge on any atom is -0.340 e. The molecule has 0 bridgehead atoms. The summed E-state index contributed by atoms with van der Waals surface area (Å²) < 4.78 is 51.0. The first-order chi connectivity index (χ1) is 15.2. The van der Waals surface area contributed by atoms with Crippen LogP contribution in [-0.2, 0) is 32.7 Å². The highest BCUT2D eigenvalue weighted by Gasteiger charge is 2.19. The van der Waals surface area contributed by atoms with Gasteiger partial charge in [-0.1, -0.05) is 6.07 Å². The Morgan fingerprint density at radius 2 is 1.56 bits per heavy atom. The summed E-state index contributed by atoms with van der Waals surface area (Å²) in [6.45, 7) is 0. The Balaban J connectivity index is 1.65. The first kappa shape index (κ1) is 22.2. The van der Waals surface area contributed by atoms with Gasteiger partial charge in [0, 0.05) is 18.0 Å². The predicted octanol–water partition coefficient (Wildman–Crippen LogP) is 2.76. The van der Waals surface area contributed by atoms with Crippen molar-refractivity contribution in [3.8, 4) is 0 Å². The van der Waals surface area contributed by atoms with Gasteiger partial charge in [0.2, 0.25) is 10.0 Å². The van der Waals surface area contributed by atoms with Crippen molar-refractivity contribution in [2.75, 3.05) is 23.9 Å². The van der Waals surface area contributed by atoms with E-state index in [-0.39, 0.29) is 15.5 Å². The van der Waals surface area contributed by atoms with Gasteiger partial charge in [-0.2, -0.15) is 0 Å². The molecule has 0 amide bonds. The molecule has 1 aromatic heterocycles. The third-order valence-electron chi connectivity index (χ3n) is 5.23. The lowest BCUT2D eigenvalue weighted by Crippen LogP contribution is -2.19. The SMILES string of the molecule is CNS(=O)(=O)c1ccc(S(C)(=O)=O)c(Nc2cc(Nc3ccc4c(c3)CCC4)ncn2)c1. The first-order valence-electron chi connectivity index (χ1n) is 9.91. The van der Waals surface area contributed by atoms with E-state index < -0.39 is 19.9 Å². The molecule has 0 unspecified atom stereocenters. The van der Waals surface area contributed by atoms with Crippen LogP contribution >= 0.6 is 0 Å². The Hall–Kier alpha value is -3.02. The molecule has 3 N–H and O–H groups in total. The van der Waals surface area contributed by atoms with Gasteiger partial charge in [0.05, 0.1) is 15.5 Å². The maximum Gasteiger partial charge on any atom is 0.240 e. The molecule has 11 heteroatoms. The number of hydrogen-bond donors (Lipinski definition) is 3. The van der Waals surface area contributed by atoms with Crippen molar-refractivity contribution in [1.29, 1.82) is 0 Å². The maximum absolute atomic E-state index is 12.2. The van der Waals surface area contributed by atoms with Crippen molar-refractivity contribution < 1.29 is 16.8 Å². The highest BCUT2D eigenvalue weighted by Crippen LogP contribution is 2.29. The first-order valence-corrected chi connectivity index (χ1v) is 13.3. The van der Waals surface area contributed by atoms with Gasteiger partial charge in [-0.05, 0) is 67.8 Å². The van der Waals surface area contributed by atoms with Gasteiger partial charge in [0.25, 0.3) is 0 Å². The Morgan fingerprint density at radius 1 is 0.844 bits per heavy atom. The molecule has 0 saturated carbocycles. The Bertz CT molecular complexity index is 1390. The topological polar surface area (TPSA) is 130 Å². The molecule has 32 heavy (non-hydrogen) atoms. The molecule has 0 fully saturated rings. The van der Waals surface area contributed by atoms with E-state index >= 15 is 0 Å². The van der Waals surface area contributed by atoms with Crippen LogP contribution in [0.15, 0.2) is 58.6 Å². The molecule has 0 spiro atoms. The van der Waals surface area contributed by atoms with Gasteiger partial charge < -0.3 is 10.6 Å². The molecule has 1 aliphatic carbocycles. The summed E-state index contributed by atoms with van der Waals surface area (Å²) >= 11 is 0. The summed E-state index contributed by atoms with van der Waals surface area (Å²) in [6, 6.07) is 11.6. The van der Waals surface area contributed by atoms with E-state index in [1.807, 2.05) is 6.07 Å². The van der Waals surface area contributed by atoms with Crippen LogP contribution in [0.1, 0.15) is 17.5 Å². The lowest BCUT2D eigenvalue weighted by Gasteiger charge is -2.13. The molecule has 168 valence electrons. The van der Waals surface area contributed by atoms with Crippen molar-refractivity contribution in [2.24, 2.45) is 0 Å². The summed E-state index contributed by atoms with van der Waals surface area (Å²) in [4.78, 5) is 8.26. The zero-order valence-electron chi connectivity index (χ0n) is 17.6. The molecule has 1 aliphatic rings. The van der Waals surface area contributed by atoms with E-state index in [9.17, 15) is 16.8 Å². The van der Waals surface area contributed by atoms with Crippen molar-refractivity contribution in [3.63, 3.8) is 0 Å². The van der Waals surface area contributed by atoms with Crippen molar-refractivity contribution in [3.05, 3.63) is 59.9 Å². The van der Waals surface area contributed by atoms with Crippen LogP contribution < -0.4 is 15.4 Å². The lowest BCUT2D eigenvalue weighted by atomic mass is 10.1.